The van der Waals surface area contributed by atoms with Crippen LogP contribution in [0.1, 0.15) is 25.8 Å². The summed E-state index contributed by atoms with van der Waals surface area (Å²) in [6.07, 6.45) is 4.22. The van der Waals surface area contributed by atoms with Gasteiger partial charge < -0.3 is 0 Å². The second-order valence-corrected chi connectivity index (χ2v) is 3.90. The Kier molecular flexibility index (Phi) is 4.18. The van der Waals surface area contributed by atoms with E-state index in [2.05, 4.69) is 50.8 Å². The third kappa shape index (κ3) is 4.08. The molecular formula is C14H18. The Morgan fingerprint density at radius 2 is 1.86 bits per heavy atom. The van der Waals surface area contributed by atoms with Gasteiger partial charge in [-0.3, -0.25) is 0 Å². The fraction of sp³-hybridized carbons (Fsp3) is 0.286. The average molecular weight is 186 g/mol. The molecule has 1 aromatic rings. The first-order chi connectivity index (χ1) is 6.68. The Balaban J connectivity index is 2.46. The van der Waals surface area contributed by atoms with Crippen LogP contribution in [0.15, 0.2) is 54.1 Å². The van der Waals surface area contributed by atoms with Gasteiger partial charge in [0, 0.05) is 0 Å². The summed E-state index contributed by atoms with van der Waals surface area (Å²) in [4.78, 5) is 0. The van der Waals surface area contributed by atoms with Crippen molar-refractivity contribution in [3.05, 3.63) is 59.7 Å². The Hall–Kier alpha value is -1.30. The van der Waals surface area contributed by atoms with E-state index in [1.54, 1.807) is 0 Å². The normalized spacial score (nSPS) is 9.57. The van der Waals surface area contributed by atoms with Crippen molar-refractivity contribution in [2.75, 3.05) is 0 Å². The Morgan fingerprint density at radius 1 is 1.21 bits per heavy atom. The number of rotatable bonds is 4. The molecule has 0 spiro atoms. The number of hydrogen-bond acceptors (Lipinski definition) is 0. The largest absolute Gasteiger partial charge is 0.0992 e. The zero-order valence-corrected chi connectivity index (χ0v) is 9.09. The standard InChI is InChI=1S/C14H18/c1-12(2)9-10-13(3)11-14-7-5-4-6-8-14/h4-9H,3,10-11H2,1-2H3. The topological polar surface area (TPSA) is 0 Å². The van der Waals surface area contributed by atoms with E-state index in [9.17, 15) is 0 Å². The summed E-state index contributed by atoms with van der Waals surface area (Å²) < 4.78 is 0. The van der Waals surface area contributed by atoms with Gasteiger partial charge in [-0.05, 0) is 32.3 Å². The molecule has 1 rings (SSSR count). The number of hydrogen-bond donors (Lipinski definition) is 0. The van der Waals surface area contributed by atoms with Crippen LogP contribution in [0.4, 0.5) is 0 Å². The van der Waals surface area contributed by atoms with E-state index >= 15 is 0 Å². The lowest BCUT2D eigenvalue weighted by atomic mass is 10.0. The van der Waals surface area contributed by atoms with Crippen LogP contribution in [0, 0.1) is 0 Å². The van der Waals surface area contributed by atoms with Crippen LogP contribution < -0.4 is 0 Å². The molecule has 0 aromatic heterocycles. The average Bonchev–Trinajstić information content (AvgIpc) is 2.16. The van der Waals surface area contributed by atoms with Crippen LogP contribution in [0.5, 0.6) is 0 Å². The summed E-state index contributed by atoms with van der Waals surface area (Å²) in [5.74, 6) is 0. The minimum absolute atomic E-state index is 0.991. The van der Waals surface area contributed by atoms with Gasteiger partial charge in [-0.15, -0.1) is 0 Å². The maximum Gasteiger partial charge on any atom is -0.00667 e. The SMILES string of the molecule is C=C(CC=C(C)C)Cc1ccccc1. The van der Waals surface area contributed by atoms with E-state index in [1.807, 2.05) is 6.07 Å². The molecular weight excluding hydrogens is 168 g/mol. The molecule has 0 bridgehead atoms. The summed E-state index contributed by atoms with van der Waals surface area (Å²) in [7, 11) is 0. The summed E-state index contributed by atoms with van der Waals surface area (Å²) in [6.45, 7) is 8.32. The maximum atomic E-state index is 4.08. The monoisotopic (exact) mass is 186 g/mol. The summed E-state index contributed by atoms with van der Waals surface area (Å²) in [5.41, 5.74) is 3.98. The van der Waals surface area contributed by atoms with Crippen molar-refractivity contribution in [1.29, 1.82) is 0 Å². The highest BCUT2D eigenvalue weighted by molar-refractivity contribution is 5.21. The third-order valence-corrected chi connectivity index (χ3v) is 2.10. The van der Waals surface area contributed by atoms with E-state index < -0.39 is 0 Å². The molecule has 0 radical (unpaired) electrons. The molecule has 14 heavy (non-hydrogen) atoms. The minimum atomic E-state index is 0.991. The summed E-state index contributed by atoms with van der Waals surface area (Å²) in [5, 5.41) is 0. The zero-order chi connectivity index (χ0) is 10.4. The summed E-state index contributed by atoms with van der Waals surface area (Å²) >= 11 is 0. The van der Waals surface area contributed by atoms with Crippen LogP contribution in [0.2, 0.25) is 0 Å². The molecule has 0 saturated heterocycles. The molecule has 0 unspecified atom stereocenters. The van der Waals surface area contributed by atoms with Gasteiger partial charge in [-0.1, -0.05) is 54.1 Å². The van der Waals surface area contributed by atoms with Gasteiger partial charge in [0.05, 0.1) is 0 Å². The van der Waals surface area contributed by atoms with Gasteiger partial charge in [0.15, 0.2) is 0 Å². The first-order valence-corrected chi connectivity index (χ1v) is 5.02. The van der Waals surface area contributed by atoms with Gasteiger partial charge in [0.25, 0.3) is 0 Å². The van der Waals surface area contributed by atoms with Crippen molar-refractivity contribution < 1.29 is 0 Å². The zero-order valence-electron chi connectivity index (χ0n) is 9.09. The molecule has 0 atom stereocenters. The van der Waals surface area contributed by atoms with E-state index in [0.29, 0.717) is 0 Å². The second kappa shape index (κ2) is 5.43. The van der Waals surface area contributed by atoms with Crippen molar-refractivity contribution >= 4 is 0 Å². The smallest absolute Gasteiger partial charge is 0.00667 e. The highest BCUT2D eigenvalue weighted by Gasteiger charge is 1.94. The molecule has 0 aliphatic carbocycles. The van der Waals surface area contributed by atoms with Crippen LogP contribution in [-0.2, 0) is 6.42 Å². The lowest BCUT2D eigenvalue weighted by Gasteiger charge is -2.02. The molecule has 0 heteroatoms. The van der Waals surface area contributed by atoms with E-state index in [4.69, 9.17) is 0 Å². The van der Waals surface area contributed by atoms with Crippen molar-refractivity contribution in [1.82, 2.24) is 0 Å². The molecule has 0 amide bonds. The van der Waals surface area contributed by atoms with Gasteiger partial charge in [0.2, 0.25) is 0 Å². The highest BCUT2D eigenvalue weighted by atomic mass is 14.0. The molecule has 0 heterocycles. The number of allylic oxidation sites excluding steroid dienone is 3. The van der Waals surface area contributed by atoms with Gasteiger partial charge >= 0.3 is 0 Å². The fourth-order valence-corrected chi connectivity index (χ4v) is 1.31. The number of benzene rings is 1. The second-order valence-electron chi connectivity index (χ2n) is 3.90. The quantitative estimate of drug-likeness (QED) is 0.620. The van der Waals surface area contributed by atoms with Crippen LogP contribution in [0.3, 0.4) is 0 Å². The van der Waals surface area contributed by atoms with Gasteiger partial charge in [0.1, 0.15) is 0 Å². The van der Waals surface area contributed by atoms with Crippen molar-refractivity contribution in [3.63, 3.8) is 0 Å². The lowest BCUT2D eigenvalue weighted by Crippen LogP contribution is -1.87. The van der Waals surface area contributed by atoms with Crippen molar-refractivity contribution in [2.24, 2.45) is 0 Å². The Morgan fingerprint density at radius 3 is 2.43 bits per heavy atom. The van der Waals surface area contributed by atoms with Gasteiger partial charge in [-0.2, -0.15) is 0 Å². The van der Waals surface area contributed by atoms with Gasteiger partial charge in [-0.25, -0.2) is 0 Å². The highest BCUT2D eigenvalue weighted by Crippen LogP contribution is 2.10. The maximum absolute atomic E-state index is 4.08. The van der Waals surface area contributed by atoms with E-state index in [1.165, 1.54) is 16.7 Å². The molecule has 0 aliphatic heterocycles. The van der Waals surface area contributed by atoms with Crippen molar-refractivity contribution in [2.45, 2.75) is 26.7 Å². The fourth-order valence-electron chi connectivity index (χ4n) is 1.31. The Labute approximate surface area is 87.0 Å². The predicted molar refractivity (Wildman–Crippen MR) is 63.3 cm³/mol. The molecule has 0 fully saturated rings. The first kappa shape index (κ1) is 10.8. The van der Waals surface area contributed by atoms with E-state index in [0.717, 1.165) is 12.8 Å². The molecule has 1 aromatic carbocycles. The van der Waals surface area contributed by atoms with Crippen LogP contribution in [0.25, 0.3) is 0 Å². The minimum Gasteiger partial charge on any atom is -0.0992 e. The lowest BCUT2D eigenvalue weighted by molar-refractivity contribution is 1.06. The molecule has 0 nitrogen and oxygen atoms in total. The third-order valence-electron chi connectivity index (χ3n) is 2.10. The molecule has 0 N–H and O–H groups in total. The molecule has 74 valence electrons. The predicted octanol–water partition coefficient (Wildman–Crippen LogP) is 4.14. The van der Waals surface area contributed by atoms with Crippen LogP contribution in [-0.4, -0.2) is 0 Å². The molecule has 0 saturated carbocycles. The van der Waals surface area contributed by atoms with E-state index in [-0.39, 0.29) is 0 Å². The van der Waals surface area contributed by atoms with Crippen LogP contribution >= 0.6 is 0 Å². The summed E-state index contributed by atoms with van der Waals surface area (Å²) in [6, 6.07) is 10.5. The first-order valence-electron chi connectivity index (χ1n) is 5.02. The Bertz CT molecular complexity index is 313. The van der Waals surface area contributed by atoms with Crippen molar-refractivity contribution in [3.8, 4) is 0 Å². The molecule has 0 aliphatic rings.